The highest BCUT2D eigenvalue weighted by Gasteiger charge is 2.39. The predicted octanol–water partition coefficient (Wildman–Crippen LogP) is 0.641. The molecule has 2 fully saturated rings. The van der Waals surface area contributed by atoms with Crippen LogP contribution >= 0.6 is 0 Å². The molecule has 0 unspecified atom stereocenters. The van der Waals surface area contributed by atoms with Gasteiger partial charge in [-0.3, -0.25) is 0 Å². The summed E-state index contributed by atoms with van der Waals surface area (Å²) >= 11 is 0. The van der Waals surface area contributed by atoms with Crippen LogP contribution in [0.3, 0.4) is 0 Å². The van der Waals surface area contributed by atoms with Crippen LogP contribution in [-0.4, -0.2) is 60.3 Å². The zero-order chi connectivity index (χ0) is 10.8. The van der Waals surface area contributed by atoms with E-state index in [4.69, 9.17) is 5.11 Å². The van der Waals surface area contributed by atoms with Gasteiger partial charge in [0, 0.05) is 45.4 Å². The molecule has 0 spiro atoms. The van der Waals surface area contributed by atoms with Crippen molar-refractivity contribution in [3.05, 3.63) is 0 Å². The summed E-state index contributed by atoms with van der Waals surface area (Å²) in [4.78, 5) is 5.14. The van der Waals surface area contributed by atoms with E-state index in [1.807, 2.05) is 0 Å². The Morgan fingerprint density at radius 1 is 1.13 bits per heavy atom. The molecule has 2 rings (SSSR count). The van der Waals surface area contributed by atoms with Gasteiger partial charge in [-0.1, -0.05) is 0 Å². The van der Waals surface area contributed by atoms with E-state index in [1.54, 1.807) is 0 Å². The molecule has 2 aliphatic rings. The molecule has 2 aliphatic heterocycles. The van der Waals surface area contributed by atoms with Crippen molar-refractivity contribution in [2.75, 3.05) is 39.3 Å². The van der Waals surface area contributed by atoms with Crippen molar-refractivity contribution in [2.45, 2.75) is 26.3 Å². The summed E-state index contributed by atoms with van der Waals surface area (Å²) in [5.41, 5.74) is 0. The van der Waals surface area contributed by atoms with Gasteiger partial charge in [-0.25, -0.2) is 0 Å². The molecule has 0 aromatic heterocycles. The Morgan fingerprint density at radius 3 is 2.20 bits per heavy atom. The van der Waals surface area contributed by atoms with E-state index < -0.39 is 0 Å². The molecule has 15 heavy (non-hydrogen) atoms. The van der Waals surface area contributed by atoms with Crippen molar-refractivity contribution in [3.8, 4) is 0 Å². The fourth-order valence-corrected chi connectivity index (χ4v) is 3.03. The van der Waals surface area contributed by atoms with E-state index in [9.17, 15) is 0 Å². The van der Waals surface area contributed by atoms with Gasteiger partial charge >= 0.3 is 0 Å². The van der Waals surface area contributed by atoms with Crippen LogP contribution in [0, 0.1) is 11.8 Å². The number of rotatable bonds is 4. The highest BCUT2D eigenvalue weighted by molar-refractivity contribution is 4.93. The van der Waals surface area contributed by atoms with Crippen molar-refractivity contribution in [1.82, 2.24) is 9.80 Å². The fraction of sp³-hybridized carbons (Fsp3) is 1.00. The molecule has 0 aromatic carbocycles. The Kier molecular flexibility index (Phi) is 3.65. The Labute approximate surface area is 93.1 Å². The number of likely N-dealkylation sites (tertiary alicyclic amines) is 2. The first-order valence-corrected chi connectivity index (χ1v) is 6.28. The minimum atomic E-state index is 0.337. The summed E-state index contributed by atoms with van der Waals surface area (Å²) in [6, 6.07) is 0.710. The zero-order valence-corrected chi connectivity index (χ0v) is 10.0. The number of aliphatic hydroxyl groups is 1. The van der Waals surface area contributed by atoms with Crippen LogP contribution in [0.5, 0.6) is 0 Å². The summed E-state index contributed by atoms with van der Waals surface area (Å²) in [7, 11) is 0. The van der Waals surface area contributed by atoms with Gasteiger partial charge in [-0.15, -0.1) is 0 Å². The Balaban J connectivity index is 1.78. The Morgan fingerprint density at radius 2 is 1.73 bits per heavy atom. The lowest BCUT2D eigenvalue weighted by Gasteiger charge is -2.23. The predicted molar refractivity (Wildman–Crippen MR) is 61.8 cm³/mol. The number of hydrogen-bond donors (Lipinski definition) is 1. The van der Waals surface area contributed by atoms with Crippen LogP contribution in [0.25, 0.3) is 0 Å². The van der Waals surface area contributed by atoms with E-state index in [0.717, 1.165) is 24.8 Å². The Hall–Kier alpha value is -0.120. The van der Waals surface area contributed by atoms with Crippen LogP contribution < -0.4 is 0 Å². The van der Waals surface area contributed by atoms with Crippen molar-refractivity contribution in [1.29, 1.82) is 0 Å². The molecule has 0 aliphatic carbocycles. The monoisotopic (exact) mass is 212 g/mol. The molecule has 88 valence electrons. The normalized spacial score (nSPS) is 32.8. The highest BCUT2D eigenvalue weighted by Crippen LogP contribution is 2.31. The third kappa shape index (κ3) is 2.52. The second-order valence-electron chi connectivity index (χ2n) is 5.40. The lowest BCUT2D eigenvalue weighted by atomic mass is 10.0. The maximum absolute atomic E-state index is 8.81. The molecule has 0 radical (unpaired) electrons. The summed E-state index contributed by atoms with van der Waals surface area (Å²) in [5, 5.41) is 8.81. The molecule has 3 heteroatoms. The van der Waals surface area contributed by atoms with Gasteiger partial charge in [0.1, 0.15) is 0 Å². The van der Waals surface area contributed by atoms with Gasteiger partial charge in [-0.05, 0) is 32.1 Å². The summed E-state index contributed by atoms with van der Waals surface area (Å²) in [6.45, 7) is 11.1. The van der Waals surface area contributed by atoms with Crippen molar-refractivity contribution < 1.29 is 5.11 Å². The molecule has 2 atom stereocenters. The number of fused-ring (bicyclic) bond motifs is 1. The molecule has 2 heterocycles. The third-order valence-corrected chi connectivity index (χ3v) is 3.95. The molecule has 0 aromatic rings. The van der Waals surface area contributed by atoms with E-state index in [1.165, 1.54) is 26.2 Å². The first-order valence-electron chi connectivity index (χ1n) is 6.28. The van der Waals surface area contributed by atoms with Crippen LogP contribution in [0.1, 0.15) is 20.3 Å². The number of aliphatic hydroxyl groups excluding tert-OH is 1. The largest absolute Gasteiger partial charge is 0.396 e. The lowest BCUT2D eigenvalue weighted by molar-refractivity contribution is 0.208. The second-order valence-corrected chi connectivity index (χ2v) is 5.40. The minimum Gasteiger partial charge on any atom is -0.396 e. The molecule has 3 nitrogen and oxygen atoms in total. The highest BCUT2D eigenvalue weighted by atomic mass is 16.3. The molecule has 0 bridgehead atoms. The second kappa shape index (κ2) is 4.81. The van der Waals surface area contributed by atoms with Crippen LogP contribution in [0.4, 0.5) is 0 Å². The van der Waals surface area contributed by atoms with Gasteiger partial charge in [0.25, 0.3) is 0 Å². The van der Waals surface area contributed by atoms with E-state index in [2.05, 4.69) is 23.6 Å². The average molecular weight is 212 g/mol. The van der Waals surface area contributed by atoms with Gasteiger partial charge in [0.15, 0.2) is 0 Å². The maximum Gasteiger partial charge on any atom is 0.0443 e. The third-order valence-electron chi connectivity index (χ3n) is 3.95. The van der Waals surface area contributed by atoms with Crippen LogP contribution in [0.2, 0.25) is 0 Å². The summed E-state index contributed by atoms with van der Waals surface area (Å²) in [6.07, 6.45) is 0.938. The standard InChI is InChI=1S/C12H24N2O/c1-10(2)14-8-11-6-13(4-3-5-15)7-12(11)9-14/h10-12,15H,3-9H2,1-2H3/t11-,12+. The number of nitrogens with zero attached hydrogens (tertiary/aromatic N) is 2. The minimum absolute atomic E-state index is 0.337. The van der Waals surface area contributed by atoms with E-state index in [-0.39, 0.29) is 0 Å². The van der Waals surface area contributed by atoms with E-state index >= 15 is 0 Å². The van der Waals surface area contributed by atoms with Crippen LogP contribution in [0.15, 0.2) is 0 Å². The molecular formula is C12H24N2O. The maximum atomic E-state index is 8.81. The van der Waals surface area contributed by atoms with Crippen molar-refractivity contribution in [3.63, 3.8) is 0 Å². The first kappa shape index (κ1) is 11.4. The van der Waals surface area contributed by atoms with Crippen LogP contribution in [-0.2, 0) is 0 Å². The van der Waals surface area contributed by atoms with E-state index in [0.29, 0.717) is 12.6 Å². The summed E-state index contributed by atoms with van der Waals surface area (Å²) in [5.74, 6) is 1.79. The topological polar surface area (TPSA) is 26.7 Å². The molecular weight excluding hydrogens is 188 g/mol. The smallest absolute Gasteiger partial charge is 0.0443 e. The fourth-order valence-electron chi connectivity index (χ4n) is 3.03. The first-order chi connectivity index (χ1) is 7.20. The van der Waals surface area contributed by atoms with Gasteiger partial charge in [-0.2, -0.15) is 0 Å². The van der Waals surface area contributed by atoms with Gasteiger partial charge in [0.2, 0.25) is 0 Å². The van der Waals surface area contributed by atoms with Gasteiger partial charge < -0.3 is 14.9 Å². The molecule has 2 saturated heterocycles. The number of hydrogen-bond acceptors (Lipinski definition) is 3. The quantitative estimate of drug-likeness (QED) is 0.741. The SMILES string of the molecule is CC(C)N1C[C@H]2CN(CCCO)C[C@H]2C1. The summed E-state index contributed by atoms with van der Waals surface area (Å²) < 4.78 is 0. The Bertz CT molecular complexity index is 194. The molecule has 0 saturated carbocycles. The molecule has 0 amide bonds. The van der Waals surface area contributed by atoms with Crippen molar-refractivity contribution >= 4 is 0 Å². The molecule has 1 N–H and O–H groups in total. The van der Waals surface area contributed by atoms with Crippen molar-refractivity contribution in [2.24, 2.45) is 11.8 Å². The van der Waals surface area contributed by atoms with Gasteiger partial charge in [0.05, 0.1) is 0 Å². The average Bonchev–Trinajstić information content (AvgIpc) is 2.71. The zero-order valence-electron chi connectivity index (χ0n) is 10.0. The lowest BCUT2D eigenvalue weighted by Crippen LogP contribution is -2.33.